The molecule has 0 fully saturated rings. The van der Waals surface area contributed by atoms with Crippen molar-refractivity contribution in [1.29, 1.82) is 0 Å². The van der Waals surface area contributed by atoms with E-state index in [2.05, 4.69) is 22.4 Å². The predicted octanol–water partition coefficient (Wildman–Crippen LogP) is 2.26. The van der Waals surface area contributed by atoms with Crippen molar-refractivity contribution in [2.24, 2.45) is 0 Å². The summed E-state index contributed by atoms with van der Waals surface area (Å²) in [5.74, 6) is 1.15. The summed E-state index contributed by atoms with van der Waals surface area (Å²) in [4.78, 5) is 4.17. The first kappa shape index (κ1) is 13.4. The van der Waals surface area contributed by atoms with Gasteiger partial charge in [-0.2, -0.15) is 4.98 Å². The second-order valence-electron chi connectivity index (χ2n) is 4.03. The molecular formula is C15H18N2O2. The van der Waals surface area contributed by atoms with Gasteiger partial charge in [-0.25, -0.2) is 0 Å². The van der Waals surface area contributed by atoms with Gasteiger partial charge in [0, 0.05) is 25.2 Å². The van der Waals surface area contributed by atoms with Crippen LogP contribution in [0.4, 0.5) is 0 Å². The fourth-order valence-corrected chi connectivity index (χ4v) is 1.65. The van der Waals surface area contributed by atoms with Gasteiger partial charge in [-0.15, -0.1) is 0 Å². The van der Waals surface area contributed by atoms with Crippen molar-refractivity contribution in [2.45, 2.75) is 6.54 Å². The quantitative estimate of drug-likeness (QED) is 0.774. The summed E-state index contributed by atoms with van der Waals surface area (Å²) in [5, 5.41) is 3.32. The summed E-state index contributed by atoms with van der Waals surface area (Å²) in [6.45, 7) is 2.19. The molecule has 1 N–H and O–H groups in total. The summed E-state index contributed by atoms with van der Waals surface area (Å²) in [5.41, 5.74) is 1.27. The van der Waals surface area contributed by atoms with Crippen molar-refractivity contribution in [2.75, 3.05) is 20.3 Å². The standard InChI is InChI=1S/C15H18N2O2/c1-18-14-8-5-9-15(17-14)19-11-10-16-12-13-6-3-2-4-7-13/h2-9,16H,10-12H2,1H3. The molecule has 0 spiro atoms. The summed E-state index contributed by atoms with van der Waals surface area (Å²) < 4.78 is 10.6. The Balaban J connectivity index is 1.66. The minimum atomic E-state index is 0.565. The summed E-state index contributed by atoms with van der Waals surface area (Å²) >= 11 is 0. The van der Waals surface area contributed by atoms with Gasteiger partial charge in [-0.1, -0.05) is 36.4 Å². The second-order valence-corrected chi connectivity index (χ2v) is 4.03. The monoisotopic (exact) mass is 258 g/mol. The van der Waals surface area contributed by atoms with Crippen molar-refractivity contribution >= 4 is 0 Å². The Morgan fingerprint density at radius 1 is 1.00 bits per heavy atom. The number of aromatic nitrogens is 1. The molecule has 0 aliphatic heterocycles. The first-order chi connectivity index (χ1) is 9.38. The first-order valence-electron chi connectivity index (χ1n) is 6.27. The average Bonchev–Trinajstić information content (AvgIpc) is 2.48. The average molecular weight is 258 g/mol. The zero-order valence-electron chi connectivity index (χ0n) is 11.0. The van der Waals surface area contributed by atoms with Crippen LogP contribution in [0.15, 0.2) is 48.5 Å². The Kier molecular flexibility index (Phi) is 5.19. The normalized spacial score (nSPS) is 10.2. The predicted molar refractivity (Wildman–Crippen MR) is 74.4 cm³/mol. The summed E-state index contributed by atoms with van der Waals surface area (Å²) in [6.07, 6.45) is 0. The highest BCUT2D eigenvalue weighted by Gasteiger charge is 1.98. The van der Waals surface area contributed by atoms with Gasteiger partial charge in [-0.05, 0) is 5.56 Å². The maximum absolute atomic E-state index is 5.53. The first-order valence-corrected chi connectivity index (χ1v) is 6.27. The SMILES string of the molecule is COc1cccc(OCCNCc2ccccc2)n1. The molecule has 0 aliphatic carbocycles. The molecule has 2 aromatic rings. The molecular weight excluding hydrogens is 240 g/mol. The van der Waals surface area contributed by atoms with Gasteiger partial charge in [0.25, 0.3) is 0 Å². The molecule has 1 aromatic carbocycles. The zero-order chi connectivity index (χ0) is 13.3. The van der Waals surface area contributed by atoms with Crippen LogP contribution in [0.25, 0.3) is 0 Å². The van der Waals surface area contributed by atoms with E-state index in [0.717, 1.165) is 13.1 Å². The number of hydrogen-bond donors (Lipinski definition) is 1. The lowest BCUT2D eigenvalue weighted by Crippen LogP contribution is -2.20. The van der Waals surface area contributed by atoms with E-state index in [1.165, 1.54) is 5.56 Å². The van der Waals surface area contributed by atoms with Crippen LogP contribution >= 0.6 is 0 Å². The van der Waals surface area contributed by atoms with E-state index < -0.39 is 0 Å². The van der Waals surface area contributed by atoms with Gasteiger partial charge in [0.1, 0.15) is 6.61 Å². The Morgan fingerprint density at radius 2 is 1.79 bits per heavy atom. The van der Waals surface area contributed by atoms with Crippen LogP contribution < -0.4 is 14.8 Å². The van der Waals surface area contributed by atoms with Gasteiger partial charge in [0.05, 0.1) is 7.11 Å². The smallest absolute Gasteiger partial charge is 0.216 e. The Bertz CT molecular complexity index is 489. The number of ether oxygens (including phenoxy) is 2. The molecule has 0 bridgehead atoms. The van der Waals surface area contributed by atoms with Gasteiger partial charge in [-0.3, -0.25) is 0 Å². The Labute approximate surface area is 113 Å². The van der Waals surface area contributed by atoms with Gasteiger partial charge in [0.2, 0.25) is 11.8 Å². The van der Waals surface area contributed by atoms with Gasteiger partial charge >= 0.3 is 0 Å². The molecule has 4 heteroatoms. The molecule has 2 rings (SSSR count). The van der Waals surface area contributed by atoms with Gasteiger partial charge in [0.15, 0.2) is 0 Å². The van der Waals surface area contributed by atoms with Crippen LogP contribution in [-0.2, 0) is 6.54 Å². The molecule has 0 amide bonds. The van der Waals surface area contributed by atoms with Gasteiger partial charge < -0.3 is 14.8 Å². The maximum atomic E-state index is 5.53. The van der Waals surface area contributed by atoms with E-state index >= 15 is 0 Å². The third-order valence-electron chi connectivity index (χ3n) is 2.61. The number of nitrogens with one attached hydrogen (secondary N) is 1. The highest BCUT2D eigenvalue weighted by atomic mass is 16.5. The van der Waals surface area contributed by atoms with E-state index in [1.807, 2.05) is 30.3 Å². The number of methoxy groups -OCH3 is 1. The van der Waals surface area contributed by atoms with Crippen LogP contribution in [0.3, 0.4) is 0 Å². The van der Waals surface area contributed by atoms with E-state index in [-0.39, 0.29) is 0 Å². The van der Waals surface area contributed by atoms with E-state index in [4.69, 9.17) is 9.47 Å². The van der Waals surface area contributed by atoms with Crippen LogP contribution in [0, 0.1) is 0 Å². The summed E-state index contributed by atoms with van der Waals surface area (Å²) in [7, 11) is 1.59. The lowest BCUT2D eigenvalue weighted by Gasteiger charge is -2.07. The number of rotatable bonds is 7. The van der Waals surface area contributed by atoms with E-state index in [0.29, 0.717) is 18.4 Å². The molecule has 0 saturated carbocycles. The van der Waals surface area contributed by atoms with Crippen molar-refractivity contribution in [3.05, 3.63) is 54.1 Å². The lowest BCUT2D eigenvalue weighted by atomic mass is 10.2. The molecule has 0 atom stereocenters. The minimum Gasteiger partial charge on any atom is -0.481 e. The number of benzene rings is 1. The highest BCUT2D eigenvalue weighted by molar-refractivity contribution is 5.19. The fourth-order valence-electron chi connectivity index (χ4n) is 1.65. The largest absolute Gasteiger partial charge is 0.481 e. The van der Waals surface area contributed by atoms with Crippen molar-refractivity contribution in [1.82, 2.24) is 10.3 Å². The number of pyridine rings is 1. The van der Waals surface area contributed by atoms with Crippen molar-refractivity contribution in [3.8, 4) is 11.8 Å². The van der Waals surface area contributed by atoms with Crippen LogP contribution in [0.1, 0.15) is 5.56 Å². The Morgan fingerprint density at radius 3 is 2.58 bits per heavy atom. The fraction of sp³-hybridized carbons (Fsp3) is 0.267. The highest BCUT2D eigenvalue weighted by Crippen LogP contribution is 2.12. The lowest BCUT2D eigenvalue weighted by molar-refractivity contribution is 0.295. The molecule has 0 saturated heterocycles. The molecule has 0 radical (unpaired) electrons. The van der Waals surface area contributed by atoms with Crippen LogP contribution in [0.5, 0.6) is 11.8 Å². The van der Waals surface area contributed by atoms with Crippen LogP contribution in [0.2, 0.25) is 0 Å². The third-order valence-corrected chi connectivity index (χ3v) is 2.61. The molecule has 0 aliphatic rings. The molecule has 100 valence electrons. The van der Waals surface area contributed by atoms with E-state index in [9.17, 15) is 0 Å². The van der Waals surface area contributed by atoms with Crippen LogP contribution in [-0.4, -0.2) is 25.2 Å². The molecule has 1 heterocycles. The Hall–Kier alpha value is -2.07. The van der Waals surface area contributed by atoms with Crippen molar-refractivity contribution in [3.63, 3.8) is 0 Å². The maximum Gasteiger partial charge on any atom is 0.216 e. The van der Waals surface area contributed by atoms with E-state index in [1.54, 1.807) is 13.2 Å². The zero-order valence-corrected chi connectivity index (χ0v) is 11.0. The topological polar surface area (TPSA) is 43.4 Å². The summed E-state index contributed by atoms with van der Waals surface area (Å²) in [6, 6.07) is 15.7. The van der Waals surface area contributed by atoms with Crippen molar-refractivity contribution < 1.29 is 9.47 Å². The third kappa shape index (κ3) is 4.60. The molecule has 4 nitrogen and oxygen atoms in total. The molecule has 0 unspecified atom stereocenters. The molecule has 1 aromatic heterocycles. The number of nitrogens with zero attached hydrogens (tertiary/aromatic N) is 1. The second kappa shape index (κ2) is 7.38. The molecule has 19 heavy (non-hydrogen) atoms. The number of hydrogen-bond acceptors (Lipinski definition) is 4. The minimum absolute atomic E-state index is 0.565.